The van der Waals surface area contributed by atoms with Crippen molar-refractivity contribution in [3.05, 3.63) is 106 Å². The van der Waals surface area contributed by atoms with Gasteiger partial charge in [-0.2, -0.15) is 0 Å². The Morgan fingerprint density at radius 3 is 2.28 bits per heavy atom. The minimum atomic E-state index is -0.664. The van der Waals surface area contributed by atoms with Crippen molar-refractivity contribution in [1.29, 1.82) is 0 Å². The van der Waals surface area contributed by atoms with Crippen LogP contribution >= 0.6 is 23.2 Å². The van der Waals surface area contributed by atoms with Crippen LogP contribution in [0.5, 0.6) is 0 Å². The first kappa shape index (κ1) is 26.2. The zero-order chi connectivity index (χ0) is 25.3. The van der Waals surface area contributed by atoms with E-state index in [-0.39, 0.29) is 30.8 Å². The summed E-state index contributed by atoms with van der Waals surface area (Å²) in [5.74, 6) is -0.261. The molecule has 0 aromatic heterocycles. The molecule has 36 heavy (non-hydrogen) atoms. The van der Waals surface area contributed by atoms with E-state index in [9.17, 15) is 9.59 Å². The van der Waals surface area contributed by atoms with Gasteiger partial charge in [-0.1, -0.05) is 103 Å². The number of carbonyl (C=O) groups is 2. The first-order valence-electron chi connectivity index (χ1n) is 12.6. The highest BCUT2D eigenvalue weighted by Crippen LogP contribution is 2.22. The SMILES string of the molecule is O=C(NC1CCCCC1)[C@@H](Cc1ccccc1)N(Cc1cccc(Cl)c1)C(=O)Cc1ccccc1Cl. The molecule has 4 rings (SSSR count). The number of hydrogen-bond donors (Lipinski definition) is 1. The molecule has 1 atom stereocenters. The van der Waals surface area contributed by atoms with E-state index in [2.05, 4.69) is 5.32 Å². The molecule has 1 aliphatic rings. The number of hydrogen-bond acceptors (Lipinski definition) is 2. The molecule has 0 aliphatic heterocycles. The smallest absolute Gasteiger partial charge is 0.243 e. The van der Waals surface area contributed by atoms with Crippen molar-refractivity contribution in [2.45, 2.75) is 63.6 Å². The topological polar surface area (TPSA) is 49.4 Å². The van der Waals surface area contributed by atoms with Crippen molar-refractivity contribution in [1.82, 2.24) is 10.2 Å². The van der Waals surface area contributed by atoms with Crippen molar-refractivity contribution >= 4 is 35.0 Å². The van der Waals surface area contributed by atoms with Gasteiger partial charge in [0.1, 0.15) is 6.04 Å². The van der Waals surface area contributed by atoms with Crippen molar-refractivity contribution in [2.75, 3.05) is 0 Å². The van der Waals surface area contributed by atoms with Gasteiger partial charge >= 0.3 is 0 Å². The molecule has 0 bridgehead atoms. The molecular formula is C30H32Cl2N2O2. The van der Waals surface area contributed by atoms with Gasteiger partial charge in [-0.15, -0.1) is 0 Å². The van der Waals surface area contributed by atoms with E-state index in [0.717, 1.165) is 42.4 Å². The quantitative estimate of drug-likeness (QED) is 0.343. The zero-order valence-electron chi connectivity index (χ0n) is 20.3. The monoisotopic (exact) mass is 522 g/mol. The molecule has 188 valence electrons. The van der Waals surface area contributed by atoms with Gasteiger partial charge < -0.3 is 10.2 Å². The maximum atomic E-state index is 13.8. The van der Waals surface area contributed by atoms with Crippen LogP contribution < -0.4 is 5.32 Å². The maximum absolute atomic E-state index is 13.8. The molecule has 4 nitrogen and oxygen atoms in total. The van der Waals surface area contributed by atoms with E-state index in [1.54, 1.807) is 17.0 Å². The molecule has 1 saturated carbocycles. The Kier molecular flexibility index (Phi) is 9.43. The molecule has 6 heteroatoms. The van der Waals surface area contributed by atoms with Gasteiger partial charge in [-0.25, -0.2) is 0 Å². The highest BCUT2D eigenvalue weighted by atomic mass is 35.5. The largest absolute Gasteiger partial charge is 0.352 e. The van der Waals surface area contributed by atoms with E-state index in [4.69, 9.17) is 23.2 Å². The Morgan fingerprint density at radius 2 is 1.56 bits per heavy atom. The Balaban J connectivity index is 1.66. The highest BCUT2D eigenvalue weighted by Gasteiger charge is 2.32. The summed E-state index contributed by atoms with van der Waals surface area (Å²) in [7, 11) is 0. The van der Waals surface area contributed by atoms with Crippen molar-refractivity contribution in [2.24, 2.45) is 0 Å². The summed E-state index contributed by atoms with van der Waals surface area (Å²) in [4.78, 5) is 29.3. The van der Waals surface area contributed by atoms with Crippen LogP contribution in [0.2, 0.25) is 10.0 Å². The summed E-state index contributed by atoms with van der Waals surface area (Å²) in [6.07, 6.45) is 5.93. The number of nitrogens with zero attached hydrogens (tertiary/aromatic N) is 1. The maximum Gasteiger partial charge on any atom is 0.243 e. The second kappa shape index (κ2) is 12.9. The highest BCUT2D eigenvalue weighted by molar-refractivity contribution is 6.31. The Bertz CT molecular complexity index is 1160. The normalized spacial score (nSPS) is 14.7. The van der Waals surface area contributed by atoms with Crippen LogP contribution in [0.1, 0.15) is 48.8 Å². The summed E-state index contributed by atoms with van der Waals surface area (Å²) in [5, 5.41) is 4.40. The number of rotatable bonds is 9. The van der Waals surface area contributed by atoms with Crippen LogP contribution in [0.25, 0.3) is 0 Å². The summed E-state index contributed by atoms with van der Waals surface area (Å²) in [5.41, 5.74) is 2.62. The summed E-state index contributed by atoms with van der Waals surface area (Å²) in [6, 6.07) is 24.1. The minimum Gasteiger partial charge on any atom is -0.352 e. The lowest BCUT2D eigenvalue weighted by molar-refractivity contribution is -0.141. The standard InChI is InChI=1S/C30H32Cl2N2O2/c31-25-14-9-12-23(18-25)21-34(29(35)20-24-13-7-8-17-27(24)32)28(19-22-10-3-1-4-11-22)30(36)33-26-15-5-2-6-16-26/h1,3-4,7-14,17-18,26,28H,2,5-6,15-16,19-21H2,(H,33,36)/t28-/m1/s1. The second-order valence-corrected chi connectivity index (χ2v) is 10.3. The Hall–Kier alpha value is -2.82. The molecule has 1 N–H and O–H groups in total. The van der Waals surface area contributed by atoms with E-state index >= 15 is 0 Å². The fourth-order valence-electron chi connectivity index (χ4n) is 4.84. The van der Waals surface area contributed by atoms with Gasteiger partial charge in [-0.3, -0.25) is 9.59 Å². The Morgan fingerprint density at radius 1 is 0.861 bits per heavy atom. The third-order valence-electron chi connectivity index (χ3n) is 6.76. The van der Waals surface area contributed by atoms with Crippen LogP contribution in [0, 0.1) is 0 Å². The van der Waals surface area contributed by atoms with Crippen LogP contribution in [0.4, 0.5) is 0 Å². The molecule has 3 aromatic rings. The molecule has 0 spiro atoms. The van der Waals surface area contributed by atoms with Gasteiger partial charge in [0.15, 0.2) is 0 Å². The lowest BCUT2D eigenvalue weighted by Gasteiger charge is -2.33. The van der Waals surface area contributed by atoms with E-state index in [0.29, 0.717) is 16.5 Å². The molecule has 0 unspecified atom stereocenters. The van der Waals surface area contributed by atoms with E-state index in [1.807, 2.05) is 66.7 Å². The minimum absolute atomic E-state index is 0.111. The van der Waals surface area contributed by atoms with Gasteiger partial charge in [0.05, 0.1) is 6.42 Å². The number of halogens is 2. The average Bonchev–Trinajstić information content (AvgIpc) is 2.88. The first-order valence-corrected chi connectivity index (χ1v) is 13.4. The Labute approximate surface area is 223 Å². The summed E-state index contributed by atoms with van der Waals surface area (Å²) >= 11 is 12.6. The lowest BCUT2D eigenvalue weighted by atomic mass is 9.94. The average molecular weight is 524 g/mol. The molecule has 0 saturated heterocycles. The van der Waals surface area contributed by atoms with Crippen LogP contribution in [0.15, 0.2) is 78.9 Å². The fourth-order valence-corrected chi connectivity index (χ4v) is 5.25. The zero-order valence-corrected chi connectivity index (χ0v) is 21.8. The predicted molar refractivity (Wildman–Crippen MR) is 146 cm³/mol. The summed E-state index contributed by atoms with van der Waals surface area (Å²) in [6.45, 7) is 0.277. The number of benzene rings is 3. The number of carbonyl (C=O) groups excluding carboxylic acids is 2. The van der Waals surface area contributed by atoms with Crippen molar-refractivity contribution < 1.29 is 9.59 Å². The molecular weight excluding hydrogens is 491 g/mol. The van der Waals surface area contributed by atoms with E-state index < -0.39 is 6.04 Å². The predicted octanol–water partition coefficient (Wildman–Crippen LogP) is 6.62. The third kappa shape index (κ3) is 7.35. The van der Waals surface area contributed by atoms with E-state index in [1.165, 1.54) is 6.42 Å². The van der Waals surface area contributed by atoms with Crippen LogP contribution in [-0.2, 0) is 29.0 Å². The summed E-state index contributed by atoms with van der Waals surface area (Å²) < 4.78 is 0. The van der Waals surface area contributed by atoms with Crippen LogP contribution in [0.3, 0.4) is 0 Å². The first-order chi connectivity index (χ1) is 17.5. The molecule has 1 aliphatic carbocycles. The van der Waals surface area contributed by atoms with Gasteiger partial charge in [-0.05, 0) is 47.7 Å². The van der Waals surface area contributed by atoms with Crippen LogP contribution in [-0.4, -0.2) is 28.8 Å². The molecule has 1 fully saturated rings. The molecule has 3 aromatic carbocycles. The lowest BCUT2D eigenvalue weighted by Crippen LogP contribution is -2.53. The van der Waals surface area contributed by atoms with Gasteiger partial charge in [0.25, 0.3) is 0 Å². The molecule has 2 amide bonds. The molecule has 0 radical (unpaired) electrons. The van der Waals surface area contributed by atoms with Crippen molar-refractivity contribution in [3.8, 4) is 0 Å². The third-order valence-corrected chi connectivity index (χ3v) is 7.37. The fraction of sp³-hybridized carbons (Fsp3) is 0.333. The molecule has 0 heterocycles. The van der Waals surface area contributed by atoms with Gasteiger partial charge in [0, 0.05) is 29.1 Å². The number of amides is 2. The van der Waals surface area contributed by atoms with Crippen molar-refractivity contribution in [3.63, 3.8) is 0 Å². The number of nitrogens with one attached hydrogen (secondary N) is 1. The second-order valence-electron chi connectivity index (χ2n) is 9.47. The van der Waals surface area contributed by atoms with Gasteiger partial charge in [0.2, 0.25) is 11.8 Å².